The number of Topliss-reactive ketones (excluding diaryl/α,β-unsaturated/α-hetero) is 1. The van der Waals surface area contributed by atoms with Crippen molar-refractivity contribution in [2.45, 2.75) is 26.4 Å². The highest BCUT2D eigenvalue weighted by atomic mass is 16.5. The van der Waals surface area contributed by atoms with Crippen molar-refractivity contribution >= 4 is 23.2 Å². The van der Waals surface area contributed by atoms with Crippen LogP contribution >= 0.6 is 0 Å². The van der Waals surface area contributed by atoms with Crippen LogP contribution in [-0.4, -0.2) is 38.0 Å². The Morgan fingerprint density at radius 2 is 1.51 bits per heavy atom. The number of aryl methyl sites for hydroxylation is 1. The van der Waals surface area contributed by atoms with Crippen LogP contribution in [0.1, 0.15) is 40.0 Å². The Balaban J connectivity index is 1.64. The van der Waals surface area contributed by atoms with Gasteiger partial charge in [0.2, 0.25) is 0 Å². The van der Waals surface area contributed by atoms with Gasteiger partial charge in [0.05, 0.1) is 33.1 Å². The number of carbonyl (C=O) groups is 2. The molecule has 4 N–H and O–H groups in total. The first-order valence-electron chi connectivity index (χ1n) is 13.0. The number of amides is 1. The number of nitrogens with two attached hydrogens (primary N) is 1. The van der Waals surface area contributed by atoms with E-state index in [-0.39, 0.29) is 11.7 Å². The normalized spacial score (nSPS) is 11.4. The SMILES string of the molecule is COc1ccc(CNc2nc(-c3cc(NC(=O)c4cc(OC)cc(OC)c4)ccc3C)ccc2C(N)C(C)=O)cc1. The molecule has 0 aliphatic rings. The first-order chi connectivity index (χ1) is 19.7. The molecule has 0 saturated heterocycles. The predicted molar refractivity (Wildman–Crippen MR) is 160 cm³/mol. The summed E-state index contributed by atoms with van der Waals surface area (Å²) in [6.07, 6.45) is 0. The predicted octanol–water partition coefficient (Wildman–Crippen LogP) is 5.54. The van der Waals surface area contributed by atoms with Crippen molar-refractivity contribution in [2.24, 2.45) is 5.73 Å². The van der Waals surface area contributed by atoms with Gasteiger partial charge in [0.1, 0.15) is 23.1 Å². The average molecular weight is 555 g/mol. The lowest BCUT2D eigenvalue weighted by Crippen LogP contribution is -2.21. The smallest absolute Gasteiger partial charge is 0.255 e. The largest absolute Gasteiger partial charge is 0.497 e. The third-order valence-corrected chi connectivity index (χ3v) is 6.70. The summed E-state index contributed by atoms with van der Waals surface area (Å²) in [5, 5.41) is 6.29. The molecule has 4 aromatic rings. The number of methoxy groups -OCH3 is 3. The summed E-state index contributed by atoms with van der Waals surface area (Å²) in [5.74, 6) is 1.83. The van der Waals surface area contributed by atoms with E-state index in [4.69, 9.17) is 24.9 Å². The summed E-state index contributed by atoms with van der Waals surface area (Å²) in [4.78, 5) is 30.1. The zero-order valence-corrected chi connectivity index (χ0v) is 23.8. The van der Waals surface area contributed by atoms with Crippen LogP contribution in [0.4, 0.5) is 11.5 Å². The number of anilines is 2. The van der Waals surface area contributed by atoms with Gasteiger partial charge in [-0.25, -0.2) is 4.98 Å². The van der Waals surface area contributed by atoms with Gasteiger partial charge < -0.3 is 30.6 Å². The number of benzene rings is 3. The third-order valence-electron chi connectivity index (χ3n) is 6.70. The van der Waals surface area contributed by atoms with Gasteiger partial charge in [0.15, 0.2) is 5.78 Å². The van der Waals surface area contributed by atoms with Crippen molar-refractivity contribution in [2.75, 3.05) is 32.0 Å². The molecule has 9 heteroatoms. The Hall–Kier alpha value is -4.89. The monoisotopic (exact) mass is 554 g/mol. The Morgan fingerprint density at radius 3 is 2.12 bits per heavy atom. The van der Waals surface area contributed by atoms with E-state index < -0.39 is 6.04 Å². The topological polar surface area (TPSA) is 125 Å². The van der Waals surface area contributed by atoms with Crippen LogP contribution in [0.3, 0.4) is 0 Å². The fraction of sp³-hybridized carbons (Fsp3) is 0.219. The summed E-state index contributed by atoms with van der Waals surface area (Å²) < 4.78 is 15.8. The van der Waals surface area contributed by atoms with Crippen LogP contribution in [0.15, 0.2) is 72.8 Å². The summed E-state index contributed by atoms with van der Waals surface area (Å²) >= 11 is 0. The molecular weight excluding hydrogens is 520 g/mol. The molecule has 1 amide bonds. The molecule has 0 fully saturated rings. The van der Waals surface area contributed by atoms with Crippen molar-refractivity contribution in [3.63, 3.8) is 0 Å². The van der Waals surface area contributed by atoms with Crippen LogP contribution < -0.4 is 30.6 Å². The van der Waals surface area contributed by atoms with Gasteiger partial charge in [0, 0.05) is 35.0 Å². The fourth-order valence-corrected chi connectivity index (χ4v) is 4.28. The second kappa shape index (κ2) is 13.0. The maximum Gasteiger partial charge on any atom is 0.255 e. The van der Waals surface area contributed by atoms with E-state index >= 15 is 0 Å². The van der Waals surface area contributed by atoms with Crippen molar-refractivity contribution in [3.8, 4) is 28.5 Å². The van der Waals surface area contributed by atoms with E-state index in [0.717, 1.165) is 22.4 Å². The van der Waals surface area contributed by atoms with Crippen LogP contribution in [0.5, 0.6) is 17.2 Å². The Bertz CT molecular complexity index is 1530. The molecule has 3 aromatic carbocycles. The standard InChI is InChI=1S/C32H34N4O5/c1-19-6-9-23(35-32(38)22-14-25(40-4)17-26(15-22)41-5)16-28(19)29-13-12-27(30(33)20(2)37)31(36-29)34-18-21-7-10-24(39-3)11-8-21/h6-17,30H,18,33H2,1-5H3,(H,34,36)(H,35,38). The number of rotatable bonds is 11. The lowest BCUT2D eigenvalue weighted by Gasteiger charge is -2.17. The first-order valence-corrected chi connectivity index (χ1v) is 13.0. The minimum Gasteiger partial charge on any atom is -0.497 e. The van der Waals surface area contributed by atoms with Crippen LogP contribution in [0.2, 0.25) is 0 Å². The number of aromatic nitrogens is 1. The molecule has 0 radical (unpaired) electrons. The van der Waals surface area contributed by atoms with Crippen LogP contribution in [-0.2, 0) is 11.3 Å². The van der Waals surface area contributed by atoms with Gasteiger partial charge >= 0.3 is 0 Å². The van der Waals surface area contributed by atoms with Gasteiger partial charge in [-0.3, -0.25) is 9.59 Å². The third kappa shape index (κ3) is 7.01. The highest BCUT2D eigenvalue weighted by molar-refractivity contribution is 6.05. The summed E-state index contributed by atoms with van der Waals surface area (Å²) in [7, 11) is 4.69. The minimum absolute atomic E-state index is 0.165. The molecule has 0 aliphatic carbocycles. The van der Waals surface area contributed by atoms with Crippen molar-refractivity contribution < 1.29 is 23.8 Å². The summed E-state index contributed by atoms with van der Waals surface area (Å²) in [5.41, 5.74) is 11.3. The maximum atomic E-state index is 13.1. The number of carbonyl (C=O) groups excluding carboxylic acids is 2. The summed E-state index contributed by atoms with van der Waals surface area (Å²) in [6, 6.07) is 21.1. The molecule has 0 spiro atoms. The van der Waals surface area contributed by atoms with Gasteiger partial charge in [-0.15, -0.1) is 0 Å². The molecule has 212 valence electrons. The fourth-order valence-electron chi connectivity index (χ4n) is 4.28. The van der Waals surface area contributed by atoms with E-state index in [1.165, 1.54) is 21.1 Å². The number of nitrogens with zero attached hydrogens (tertiary/aromatic N) is 1. The Kier molecular flexibility index (Phi) is 9.21. The van der Waals surface area contributed by atoms with Crippen molar-refractivity contribution in [1.29, 1.82) is 0 Å². The van der Waals surface area contributed by atoms with E-state index in [1.807, 2.05) is 61.5 Å². The average Bonchev–Trinajstić information content (AvgIpc) is 3.00. The molecular formula is C32H34N4O5. The summed E-state index contributed by atoms with van der Waals surface area (Å²) in [6.45, 7) is 3.90. The van der Waals surface area contributed by atoms with Crippen molar-refractivity contribution in [3.05, 3.63) is 95.1 Å². The molecule has 9 nitrogen and oxygen atoms in total. The van der Waals surface area contributed by atoms with Gasteiger partial charge in [-0.05, 0) is 67.4 Å². The molecule has 1 aromatic heterocycles. The number of nitrogens with one attached hydrogen (secondary N) is 2. The van der Waals surface area contributed by atoms with Gasteiger partial charge in [0.25, 0.3) is 5.91 Å². The van der Waals surface area contributed by atoms with Gasteiger partial charge in [-0.1, -0.05) is 24.3 Å². The minimum atomic E-state index is -0.818. The van der Waals surface area contributed by atoms with E-state index in [1.54, 1.807) is 25.3 Å². The number of hydrogen-bond donors (Lipinski definition) is 3. The van der Waals surface area contributed by atoms with Crippen molar-refractivity contribution in [1.82, 2.24) is 4.98 Å². The molecule has 1 unspecified atom stereocenters. The Morgan fingerprint density at radius 1 is 0.854 bits per heavy atom. The quantitative estimate of drug-likeness (QED) is 0.221. The number of ketones is 1. The number of ether oxygens (including phenoxy) is 3. The number of hydrogen-bond acceptors (Lipinski definition) is 8. The van der Waals surface area contributed by atoms with Crippen LogP contribution in [0.25, 0.3) is 11.3 Å². The number of pyridine rings is 1. The molecule has 1 atom stereocenters. The zero-order valence-electron chi connectivity index (χ0n) is 23.8. The van der Waals surface area contributed by atoms with E-state index in [2.05, 4.69) is 10.6 Å². The zero-order chi connectivity index (χ0) is 29.5. The second-order valence-electron chi connectivity index (χ2n) is 9.51. The molecule has 1 heterocycles. The molecule has 41 heavy (non-hydrogen) atoms. The Labute approximate surface area is 239 Å². The molecule has 0 saturated carbocycles. The van der Waals surface area contributed by atoms with E-state index in [0.29, 0.717) is 46.4 Å². The maximum absolute atomic E-state index is 13.1. The second-order valence-corrected chi connectivity index (χ2v) is 9.51. The lowest BCUT2D eigenvalue weighted by atomic mass is 10.0. The molecule has 0 bridgehead atoms. The van der Waals surface area contributed by atoms with E-state index in [9.17, 15) is 9.59 Å². The van der Waals surface area contributed by atoms with Crippen LogP contribution in [0, 0.1) is 6.92 Å². The first kappa shape index (κ1) is 29.1. The molecule has 4 rings (SSSR count). The van der Waals surface area contributed by atoms with Gasteiger partial charge in [-0.2, -0.15) is 0 Å². The highest BCUT2D eigenvalue weighted by Gasteiger charge is 2.19. The molecule has 0 aliphatic heterocycles. The lowest BCUT2D eigenvalue weighted by molar-refractivity contribution is -0.118. The highest BCUT2D eigenvalue weighted by Crippen LogP contribution is 2.30.